The molecule has 1 saturated heterocycles. The predicted octanol–water partition coefficient (Wildman–Crippen LogP) is 1.76. The monoisotopic (exact) mass is 315 g/mol. The van der Waals surface area contributed by atoms with Gasteiger partial charge in [0.1, 0.15) is 0 Å². The van der Waals surface area contributed by atoms with Gasteiger partial charge in [-0.05, 0) is 19.3 Å². The standard InChI is InChI=1S/C12H20F3NO3S/c1-7(2)4-8(3)16-11(17)9-5-20(18,19)6-10(9)12(13,14)15/h7-10H,4-6H2,1-3H3,(H,16,17). The number of hydrogen-bond acceptors (Lipinski definition) is 3. The summed E-state index contributed by atoms with van der Waals surface area (Å²) in [6, 6.07) is -0.278. The van der Waals surface area contributed by atoms with Crippen molar-refractivity contribution in [1.82, 2.24) is 5.32 Å². The largest absolute Gasteiger partial charge is 0.393 e. The van der Waals surface area contributed by atoms with Crippen LogP contribution in [0.5, 0.6) is 0 Å². The van der Waals surface area contributed by atoms with Gasteiger partial charge in [0.2, 0.25) is 5.91 Å². The summed E-state index contributed by atoms with van der Waals surface area (Å²) < 4.78 is 61.2. The van der Waals surface area contributed by atoms with Gasteiger partial charge in [0.15, 0.2) is 9.84 Å². The fraction of sp³-hybridized carbons (Fsp3) is 0.917. The van der Waals surface area contributed by atoms with Gasteiger partial charge >= 0.3 is 6.18 Å². The molecule has 0 aromatic heterocycles. The number of halogens is 3. The molecule has 0 bridgehead atoms. The van der Waals surface area contributed by atoms with E-state index in [9.17, 15) is 26.4 Å². The van der Waals surface area contributed by atoms with Crippen LogP contribution < -0.4 is 5.32 Å². The molecule has 8 heteroatoms. The number of alkyl halides is 3. The van der Waals surface area contributed by atoms with E-state index in [-0.39, 0.29) is 12.0 Å². The number of sulfone groups is 1. The molecule has 1 aliphatic heterocycles. The van der Waals surface area contributed by atoms with Gasteiger partial charge < -0.3 is 5.32 Å². The van der Waals surface area contributed by atoms with Gasteiger partial charge in [0.25, 0.3) is 0 Å². The van der Waals surface area contributed by atoms with Crippen molar-refractivity contribution in [2.45, 2.75) is 39.4 Å². The summed E-state index contributed by atoms with van der Waals surface area (Å²) in [6.45, 7) is 5.56. The van der Waals surface area contributed by atoms with Gasteiger partial charge in [0, 0.05) is 6.04 Å². The Morgan fingerprint density at radius 2 is 1.80 bits per heavy atom. The van der Waals surface area contributed by atoms with Crippen molar-refractivity contribution < 1.29 is 26.4 Å². The van der Waals surface area contributed by atoms with E-state index in [1.54, 1.807) is 6.92 Å². The molecule has 0 aromatic carbocycles. The molecular weight excluding hydrogens is 295 g/mol. The summed E-state index contributed by atoms with van der Waals surface area (Å²) in [5.74, 6) is -5.88. The van der Waals surface area contributed by atoms with Crippen molar-refractivity contribution in [3.8, 4) is 0 Å². The Kier molecular flexibility index (Phi) is 5.10. The highest BCUT2D eigenvalue weighted by Gasteiger charge is 2.55. The Morgan fingerprint density at radius 1 is 1.25 bits per heavy atom. The second-order valence-corrected chi connectivity index (χ2v) is 8.02. The molecule has 0 radical (unpaired) electrons. The molecule has 1 N–H and O–H groups in total. The van der Waals surface area contributed by atoms with E-state index in [0.29, 0.717) is 6.42 Å². The molecule has 4 nitrogen and oxygen atoms in total. The van der Waals surface area contributed by atoms with Gasteiger partial charge in [-0.3, -0.25) is 4.79 Å². The number of amides is 1. The molecule has 0 spiro atoms. The minimum absolute atomic E-state index is 0.278. The third kappa shape index (κ3) is 4.64. The fourth-order valence-corrected chi connectivity index (χ4v) is 4.58. The van der Waals surface area contributed by atoms with Crippen LogP contribution in [-0.4, -0.2) is 38.0 Å². The van der Waals surface area contributed by atoms with Crippen molar-refractivity contribution in [2.24, 2.45) is 17.8 Å². The first-order valence-corrected chi connectivity index (χ1v) is 8.32. The first kappa shape index (κ1) is 17.3. The number of hydrogen-bond donors (Lipinski definition) is 1. The first-order valence-electron chi connectivity index (χ1n) is 6.50. The highest BCUT2D eigenvalue weighted by Crippen LogP contribution is 2.38. The minimum Gasteiger partial charge on any atom is -0.353 e. The lowest BCUT2D eigenvalue weighted by molar-refractivity contribution is -0.181. The van der Waals surface area contributed by atoms with E-state index < -0.39 is 45.3 Å². The summed E-state index contributed by atoms with van der Waals surface area (Å²) in [7, 11) is -3.81. The van der Waals surface area contributed by atoms with Crippen LogP contribution in [0.3, 0.4) is 0 Å². The molecule has 1 rings (SSSR count). The third-order valence-electron chi connectivity index (χ3n) is 3.32. The molecule has 1 heterocycles. The van der Waals surface area contributed by atoms with Crippen molar-refractivity contribution in [3.63, 3.8) is 0 Å². The van der Waals surface area contributed by atoms with Crippen molar-refractivity contribution in [1.29, 1.82) is 0 Å². The van der Waals surface area contributed by atoms with E-state index in [0.717, 1.165) is 0 Å². The van der Waals surface area contributed by atoms with Crippen LogP contribution in [-0.2, 0) is 14.6 Å². The third-order valence-corrected chi connectivity index (χ3v) is 5.06. The van der Waals surface area contributed by atoms with E-state index in [4.69, 9.17) is 0 Å². The van der Waals surface area contributed by atoms with Crippen LogP contribution in [0.1, 0.15) is 27.2 Å². The molecule has 1 amide bonds. The summed E-state index contributed by atoms with van der Waals surface area (Å²) >= 11 is 0. The molecule has 3 atom stereocenters. The highest BCUT2D eigenvalue weighted by atomic mass is 32.2. The Bertz CT molecular complexity index is 459. The molecule has 3 unspecified atom stereocenters. The number of rotatable bonds is 4. The SMILES string of the molecule is CC(C)CC(C)NC(=O)C1CS(=O)(=O)CC1C(F)(F)F. The lowest BCUT2D eigenvalue weighted by Gasteiger charge is -2.23. The van der Waals surface area contributed by atoms with Crippen LogP contribution in [0, 0.1) is 17.8 Å². The van der Waals surface area contributed by atoms with Gasteiger partial charge in [-0.15, -0.1) is 0 Å². The zero-order valence-corrected chi connectivity index (χ0v) is 12.5. The summed E-state index contributed by atoms with van der Waals surface area (Å²) in [4.78, 5) is 11.9. The lowest BCUT2D eigenvalue weighted by atomic mass is 9.94. The van der Waals surface area contributed by atoms with E-state index >= 15 is 0 Å². The minimum atomic E-state index is -4.67. The second-order valence-electron chi connectivity index (χ2n) is 5.87. The first-order chi connectivity index (χ1) is 8.92. The number of carbonyl (C=O) groups is 1. The van der Waals surface area contributed by atoms with Gasteiger partial charge in [-0.1, -0.05) is 13.8 Å². The summed E-state index contributed by atoms with van der Waals surface area (Å²) in [5, 5.41) is 2.49. The van der Waals surface area contributed by atoms with Crippen LogP contribution in [0.2, 0.25) is 0 Å². The van der Waals surface area contributed by atoms with Gasteiger partial charge in [-0.25, -0.2) is 8.42 Å². The normalized spacial score (nSPS) is 27.6. The van der Waals surface area contributed by atoms with Crippen molar-refractivity contribution >= 4 is 15.7 Å². The molecule has 0 saturated carbocycles. The zero-order valence-electron chi connectivity index (χ0n) is 11.7. The summed E-state index contributed by atoms with van der Waals surface area (Å²) in [6.07, 6.45) is -4.05. The quantitative estimate of drug-likeness (QED) is 0.860. The maximum absolute atomic E-state index is 12.8. The van der Waals surface area contributed by atoms with Gasteiger partial charge in [-0.2, -0.15) is 13.2 Å². The Morgan fingerprint density at radius 3 is 2.25 bits per heavy atom. The molecular formula is C12H20F3NO3S. The van der Waals surface area contributed by atoms with Crippen LogP contribution in [0.15, 0.2) is 0 Å². The maximum Gasteiger partial charge on any atom is 0.393 e. The lowest BCUT2D eigenvalue weighted by Crippen LogP contribution is -2.43. The predicted molar refractivity (Wildman–Crippen MR) is 68.7 cm³/mol. The molecule has 0 aromatic rings. The molecule has 118 valence electrons. The van der Waals surface area contributed by atoms with Crippen LogP contribution in [0.4, 0.5) is 13.2 Å². The maximum atomic E-state index is 12.8. The second kappa shape index (κ2) is 5.91. The van der Waals surface area contributed by atoms with E-state index in [1.807, 2.05) is 13.8 Å². The Balaban J connectivity index is 2.79. The molecule has 1 fully saturated rings. The zero-order chi connectivity index (χ0) is 15.7. The Hall–Kier alpha value is -0.790. The molecule has 20 heavy (non-hydrogen) atoms. The van der Waals surface area contributed by atoms with Crippen molar-refractivity contribution in [2.75, 3.05) is 11.5 Å². The van der Waals surface area contributed by atoms with E-state index in [2.05, 4.69) is 5.32 Å². The number of carbonyl (C=O) groups excluding carboxylic acids is 1. The number of nitrogens with one attached hydrogen (secondary N) is 1. The van der Waals surface area contributed by atoms with Crippen molar-refractivity contribution in [3.05, 3.63) is 0 Å². The Labute approximate surface area is 117 Å². The smallest absolute Gasteiger partial charge is 0.353 e. The topological polar surface area (TPSA) is 63.2 Å². The average molecular weight is 315 g/mol. The molecule has 0 aliphatic carbocycles. The van der Waals surface area contributed by atoms with Crippen LogP contribution >= 0.6 is 0 Å². The summed E-state index contributed by atoms with van der Waals surface area (Å²) in [5.41, 5.74) is 0. The van der Waals surface area contributed by atoms with E-state index in [1.165, 1.54) is 0 Å². The van der Waals surface area contributed by atoms with Crippen LogP contribution in [0.25, 0.3) is 0 Å². The highest BCUT2D eigenvalue weighted by molar-refractivity contribution is 7.91. The molecule has 1 aliphatic rings. The fourth-order valence-electron chi connectivity index (χ4n) is 2.54. The average Bonchev–Trinajstić information content (AvgIpc) is 2.52. The van der Waals surface area contributed by atoms with Gasteiger partial charge in [0.05, 0.1) is 23.3 Å².